The van der Waals surface area contributed by atoms with Crippen LogP contribution in [0.5, 0.6) is 0 Å². The number of aromatic nitrogens is 6. The third-order valence-corrected chi connectivity index (χ3v) is 5.26. The summed E-state index contributed by atoms with van der Waals surface area (Å²) in [6, 6.07) is 6.38. The fraction of sp³-hybridized carbons (Fsp3) is 0.158. The molecule has 0 aliphatic heterocycles. The Balaban J connectivity index is 1.78. The molecule has 0 spiro atoms. The molecule has 11 nitrogen and oxygen atoms in total. The van der Waals surface area contributed by atoms with Crippen LogP contribution in [-0.2, 0) is 11.3 Å². The summed E-state index contributed by atoms with van der Waals surface area (Å²) in [7, 11) is 2.66. The summed E-state index contributed by atoms with van der Waals surface area (Å²) >= 11 is 1.36. The molecule has 4 aromatic rings. The van der Waals surface area contributed by atoms with Gasteiger partial charge in [-0.1, -0.05) is 18.2 Å². The van der Waals surface area contributed by atoms with Gasteiger partial charge in [-0.15, -0.1) is 16.4 Å². The van der Waals surface area contributed by atoms with Crippen LogP contribution < -0.4 is 16.4 Å². The number of methoxy groups -OCH3 is 1. The van der Waals surface area contributed by atoms with Gasteiger partial charge in [0, 0.05) is 24.2 Å². The molecule has 13 heteroatoms. The van der Waals surface area contributed by atoms with Crippen molar-refractivity contribution >= 4 is 34.8 Å². The molecule has 0 fully saturated rings. The highest BCUT2D eigenvalue weighted by Crippen LogP contribution is 2.30. The van der Waals surface area contributed by atoms with Crippen LogP contribution in [0.25, 0.3) is 22.5 Å². The molecule has 1 aromatic carbocycles. The van der Waals surface area contributed by atoms with E-state index in [1.54, 1.807) is 29.8 Å². The van der Waals surface area contributed by atoms with Crippen molar-refractivity contribution in [3.8, 4) is 22.5 Å². The largest absolute Gasteiger partial charge is 0.452 e. The van der Waals surface area contributed by atoms with Crippen LogP contribution in [0, 0.1) is 5.82 Å². The molecule has 4 rings (SSSR count). The lowest BCUT2D eigenvalue weighted by Crippen LogP contribution is -2.28. The van der Waals surface area contributed by atoms with Crippen molar-refractivity contribution in [2.24, 2.45) is 0 Å². The Kier molecular flexibility index (Phi) is 5.64. The van der Waals surface area contributed by atoms with E-state index < -0.39 is 6.09 Å². The van der Waals surface area contributed by atoms with Crippen LogP contribution in [0.15, 0.2) is 35.8 Å². The molecule has 164 valence electrons. The molecule has 0 aliphatic rings. The number of nitrogen functional groups attached to an aromatic ring is 2. The van der Waals surface area contributed by atoms with Crippen molar-refractivity contribution in [1.29, 1.82) is 0 Å². The highest BCUT2D eigenvalue weighted by Gasteiger charge is 2.23. The SMILES string of the molecule is COC(=O)N(C)c1c(N)nc(-c2nc(-c3nccs3)n(Cc3ccccc3F)n2)nc1N. The first-order chi connectivity index (χ1) is 15.4. The predicted molar refractivity (Wildman–Crippen MR) is 117 cm³/mol. The van der Waals surface area contributed by atoms with Crippen LogP contribution in [0.2, 0.25) is 0 Å². The Hall–Kier alpha value is -4.13. The number of hydrogen-bond donors (Lipinski definition) is 2. The number of thiazole rings is 1. The van der Waals surface area contributed by atoms with Gasteiger partial charge < -0.3 is 16.2 Å². The summed E-state index contributed by atoms with van der Waals surface area (Å²) in [6.07, 6.45) is 0.948. The van der Waals surface area contributed by atoms with Gasteiger partial charge >= 0.3 is 6.09 Å². The Labute approximate surface area is 185 Å². The smallest absolute Gasteiger partial charge is 0.413 e. The number of carbonyl (C=O) groups is 1. The Bertz CT molecular complexity index is 1250. The zero-order valence-electron chi connectivity index (χ0n) is 17.1. The van der Waals surface area contributed by atoms with Gasteiger partial charge in [0.05, 0.1) is 13.7 Å². The average molecular weight is 455 g/mol. The molecule has 0 saturated heterocycles. The number of anilines is 3. The maximum atomic E-state index is 14.2. The maximum absolute atomic E-state index is 14.2. The van der Waals surface area contributed by atoms with Gasteiger partial charge in [0.25, 0.3) is 0 Å². The third kappa shape index (κ3) is 3.92. The van der Waals surface area contributed by atoms with E-state index in [1.807, 2.05) is 0 Å². The van der Waals surface area contributed by atoms with E-state index in [0.717, 1.165) is 4.90 Å². The molecular weight excluding hydrogens is 437 g/mol. The minimum absolute atomic E-state index is 0.0482. The number of rotatable bonds is 5. The molecule has 4 N–H and O–H groups in total. The van der Waals surface area contributed by atoms with E-state index in [-0.39, 0.29) is 41.3 Å². The Morgan fingerprint density at radius 1 is 1.19 bits per heavy atom. The van der Waals surface area contributed by atoms with Gasteiger partial charge in [-0.25, -0.2) is 33.8 Å². The van der Waals surface area contributed by atoms with E-state index in [9.17, 15) is 9.18 Å². The topological polar surface area (TPSA) is 151 Å². The van der Waals surface area contributed by atoms with E-state index in [0.29, 0.717) is 16.4 Å². The van der Waals surface area contributed by atoms with E-state index in [4.69, 9.17) is 11.5 Å². The zero-order chi connectivity index (χ0) is 22.8. The van der Waals surface area contributed by atoms with Crippen LogP contribution >= 0.6 is 11.3 Å². The van der Waals surface area contributed by atoms with Crippen molar-refractivity contribution in [2.45, 2.75) is 6.54 Å². The monoisotopic (exact) mass is 455 g/mol. The molecule has 3 heterocycles. The predicted octanol–water partition coefficient (Wildman–Crippen LogP) is 2.41. The molecule has 32 heavy (non-hydrogen) atoms. The number of halogens is 1. The van der Waals surface area contributed by atoms with Gasteiger partial charge in [0.2, 0.25) is 11.6 Å². The zero-order valence-corrected chi connectivity index (χ0v) is 17.9. The fourth-order valence-corrected chi connectivity index (χ4v) is 3.62. The molecule has 1 amide bonds. The van der Waals surface area contributed by atoms with Gasteiger partial charge in [-0.05, 0) is 6.07 Å². The number of ether oxygens (including phenoxy) is 1. The van der Waals surface area contributed by atoms with Crippen molar-refractivity contribution < 1.29 is 13.9 Å². The molecule has 0 unspecified atom stereocenters. The van der Waals surface area contributed by atoms with Crippen molar-refractivity contribution in [3.63, 3.8) is 0 Å². The van der Waals surface area contributed by atoms with Gasteiger partial charge in [0.15, 0.2) is 22.5 Å². The maximum Gasteiger partial charge on any atom is 0.413 e. The second-order valence-electron chi connectivity index (χ2n) is 6.54. The quantitative estimate of drug-likeness (QED) is 0.462. The Morgan fingerprint density at radius 3 is 2.53 bits per heavy atom. The van der Waals surface area contributed by atoms with Crippen LogP contribution in [0.1, 0.15) is 5.56 Å². The molecule has 3 aromatic heterocycles. The highest BCUT2D eigenvalue weighted by molar-refractivity contribution is 7.13. The summed E-state index contributed by atoms with van der Waals surface area (Å²) in [5.41, 5.74) is 12.6. The minimum Gasteiger partial charge on any atom is -0.452 e. The van der Waals surface area contributed by atoms with Crippen molar-refractivity contribution in [1.82, 2.24) is 29.7 Å². The van der Waals surface area contributed by atoms with Crippen molar-refractivity contribution in [2.75, 3.05) is 30.5 Å². The Morgan fingerprint density at radius 2 is 1.91 bits per heavy atom. The summed E-state index contributed by atoms with van der Waals surface area (Å²) < 4.78 is 20.4. The summed E-state index contributed by atoms with van der Waals surface area (Å²) in [4.78, 5) is 30.1. The number of hydrogen-bond acceptors (Lipinski definition) is 10. The normalized spacial score (nSPS) is 10.8. The average Bonchev–Trinajstić information content (AvgIpc) is 3.44. The van der Waals surface area contributed by atoms with Gasteiger partial charge in [0.1, 0.15) is 11.5 Å². The van der Waals surface area contributed by atoms with E-state index >= 15 is 0 Å². The first-order valence-corrected chi connectivity index (χ1v) is 10.1. The summed E-state index contributed by atoms with van der Waals surface area (Å²) in [5.74, 6) is 0.108. The summed E-state index contributed by atoms with van der Waals surface area (Å²) in [5, 5.41) is 6.82. The third-order valence-electron chi connectivity index (χ3n) is 4.50. The lowest BCUT2D eigenvalue weighted by molar-refractivity contribution is 0.180. The standard InChI is InChI=1S/C19H18FN9O2S/c1-28(19(30)31-2)12-13(21)24-15(25-14(12)22)16-26-17(18-23-7-8-32-18)29(27-16)9-10-5-3-4-6-11(10)20/h3-8H,9H2,1-2H3,(H4,21,22,24,25). The lowest BCUT2D eigenvalue weighted by atomic mass is 10.2. The van der Waals surface area contributed by atoms with Crippen LogP contribution in [0.4, 0.5) is 26.5 Å². The van der Waals surface area contributed by atoms with Crippen molar-refractivity contribution in [3.05, 3.63) is 47.2 Å². The number of benzene rings is 1. The first kappa shape index (κ1) is 21.1. The lowest BCUT2D eigenvalue weighted by Gasteiger charge is -2.18. The van der Waals surface area contributed by atoms with Crippen LogP contribution in [0.3, 0.4) is 0 Å². The number of nitrogens with two attached hydrogens (primary N) is 2. The second kappa shape index (κ2) is 8.55. The second-order valence-corrected chi connectivity index (χ2v) is 7.44. The number of nitrogens with zero attached hydrogens (tertiary/aromatic N) is 7. The molecule has 0 aliphatic carbocycles. The molecule has 0 saturated carbocycles. The van der Waals surface area contributed by atoms with Crippen LogP contribution in [-0.4, -0.2) is 50.0 Å². The number of carbonyl (C=O) groups excluding carboxylic acids is 1. The molecular formula is C19H18FN9O2S. The molecule has 0 bridgehead atoms. The summed E-state index contributed by atoms with van der Waals surface area (Å²) in [6.45, 7) is 0.114. The van der Waals surface area contributed by atoms with E-state index in [2.05, 4.69) is 29.8 Å². The number of amides is 1. The van der Waals surface area contributed by atoms with E-state index in [1.165, 1.54) is 36.2 Å². The van der Waals surface area contributed by atoms with Gasteiger partial charge in [-0.2, -0.15) is 0 Å². The fourth-order valence-electron chi connectivity index (χ4n) is 2.99. The first-order valence-electron chi connectivity index (χ1n) is 9.22. The molecule has 0 radical (unpaired) electrons. The van der Waals surface area contributed by atoms with Gasteiger partial charge in [-0.3, -0.25) is 4.90 Å². The minimum atomic E-state index is -0.682. The highest BCUT2D eigenvalue weighted by atomic mass is 32.1. The molecule has 0 atom stereocenters.